The second-order valence-electron chi connectivity index (χ2n) is 10.1. The molecule has 0 bridgehead atoms. The van der Waals surface area contributed by atoms with E-state index >= 15 is 0 Å². The summed E-state index contributed by atoms with van der Waals surface area (Å²) in [6.45, 7) is 1.51. The smallest absolute Gasteiger partial charge is 0.255 e. The molecule has 2 aromatic carbocycles. The molecule has 1 amide bonds. The molecule has 2 N–H and O–H groups in total. The van der Waals surface area contributed by atoms with Crippen LogP contribution in [-0.4, -0.2) is 51.1 Å². The van der Waals surface area contributed by atoms with Gasteiger partial charge in [-0.25, -0.2) is 31.7 Å². The van der Waals surface area contributed by atoms with Crippen LogP contribution in [0.4, 0.5) is 14.5 Å². The highest BCUT2D eigenvalue weighted by Crippen LogP contribution is 2.35. The molecule has 5 heterocycles. The number of hydrogen-bond acceptors (Lipinski definition) is 6. The summed E-state index contributed by atoms with van der Waals surface area (Å²) in [6, 6.07) is 17.1. The van der Waals surface area contributed by atoms with Crippen LogP contribution < -0.4 is 10.0 Å². The molecule has 44 heavy (non-hydrogen) atoms. The van der Waals surface area contributed by atoms with E-state index in [1.54, 1.807) is 47.1 Å². The number of rotatable bonds is 6. The van der Waals surface area contributed by atoms with Crippen LogP contribution in [0.5, 0.6) is 0 Å². The van der Waals surface area contributed by atoms with E-state index < -0.39 is 21.7 Å². The van der Waals surface area contributed by atoms with Gasteiger partial charge in [0.05, 0.1) is 51.0 Å². The van der Waals surface area contributed by atoms with Gasteiger partial charge in [-0.2, -0.15) is 5.10 Å². The van der Waals surface area contributed by atoms with E-state index in [0.29, 0.717) is 49.8 Å². The number of fused-ring (bicyclic) bond motifs is 6. The fraction of sp³-hybridized carbons (Fsp3) is 0.0968. The Morgan fingerprint density at radius 2 is 1.77 bits per heavy atom. The van der Waals surface area contributed by atoms with E-state index in [4.69, 9.17) is 4.98 Å². The van der Waals surface area contributed by atoms with Crippen molar-refractivity contribution in [2.45, 2.75) is 6.92 Å². The molecule has 5 aromatic heterocycles. The lowest BCUT2D eigenvalue weighted by Gasteiger charge is -2.13. The molecule has 0 radical (unpaired) electrons. The number of aromatic nitrogens is 5. The molecule has 0 spiro atoms. The quantitative estimate of drug-likeness (QED) is 0.259. The Balaban J connectivity index is 1.52. The van der Waals surface area contributed by atoms with E-state index in [-0.39, 0.29) is 28.5 Å². The molecular weight excluding hydrogens is 588 g/mol. The molecular formula is C31H23F2N7O3S. The zero-order valence-electron chi connectivity index (χ0n) is 23.3. The molecule has 0 unspecified atom stereocenters. The van der Waals surface area contributed by atoms with E-state index in [1.807, 2.05) is 0 Å². The molecule has 10 nitrogen and oxygen atoms in total. The van der Waals surface area contributed by atoms with Crippen molar-refractivity contribution in [3.8, 4) is 22.5 Å². The third-order valence-corrected chi connectivity index (χ3v) is 8.81. The number of nitrogens with zero attached hydrogens (tertiary/aromatic N) is 5. The first kappa shape index (κ1) is 27.4. The number of hydrogen-bond donors (Lipinski definition) is 2. The third-order valence-electron chi connectivity index (χ3n) is 7.52. The highest BCUT2D eigenvalue weighted by atomic mass is 32.2. The second-order valence-corrected chi connectivity index (χ2v) is 12.1. The molecule has 0 saturated heterocycles. The average molecular weight is 612 g/mol. The first-order valence-electron chi connectivity index (χ1n) is 13.6. The zero-order chi connectivity index (χ0) is 30.7. The highest BCUT2D eigenvalue weighted by Gasteiger charge is 2.24. The summed E-state index contributed by atoms with van der Waals surface area (Å²) in [7, 11) is -2.27. The number of carbonyl (C=O) groups is 1. The van der Waals surface area contributed by atoms with Gasteiger partial charge in [-0.3, -0.25) is 13.9 Å². The van der Waals surface area contributed by atoms with Crippen molar-refractivity contribution in [1.29, 1.82) is 0 Å². The highest BCUT2D eigenvalue weighted by molar-refractivity contribution is 7.92. The molecule has 0 atom stereocenters. The summed E-state index contributed by atoms with van der Waals surface area (Å²) < 4.78 is 59.7. The summed E-state index contributed by atoms with van der Waals surface area (Å²) in [4.78, 5) is 22.6. The van der Waals surface area contributed by atoms with E-state index in [1.165, 1.54) is 55.0 Å². The van der Waals surface area contributed by atoms with E-state index in [0.717, 1.165) is 0 Å². The van der Waals surface area contributed by atoms with Crippen LogP contribution in [0.3, 0.4) is 0 Å². The molecule has 7 rings (SSSR count). The summed E-state index contributed by atoms with van der Waals surface area (Å²) in [5.74, 6) is -1.45. The van der Waals surface area contributed by atoms with Gasteiger partial charge < -0.3 is 5.32 Å². The molecule has 0 saturated carbocycles. The van der Waals surface area contributed by atoms with Crippen molar-refractivity contribution in [3.05, 3.63) is 96.5 Å². The molecule has 220 valence electrons. The Kier molecular flexibility index (Phi) is 6.28. The Hall–Kier alpha value is -5.43. The SMILES string of the molecule is CCS(=O)(=O)Nc1cn2nc(-c3ccc(F)cc3)c(C(=O)NC)c2cc1-c1ccc2ncn3c4cccc(F)c4cc3c2n1. The standard InChI is InChI=1S/C31H23F2N7O3S/c1-3-44(42,43)38-24-15-40-26(28(31(41)34-2)29(37-40)17-7-9-18(32)10-8-17)14-20(24)22-11-12-23-30(36-22)27-13-19-21(33)5-4-6-25(19)39(27)16-35-23/h4-16,38H,3H2,1-2H3,(H,34,41). The summed E-state index contributed by atoms with van der Waals surface area (Å²) in [6.07, 6.45) is 3.08. The normalized spacial score (nSPS) is 12.0. The van der Waals surface area contributed by atoms with Gasteiger partial charge >= 0.3 is 0 Å². The van der Waals surface area contributed by atoms with Crippen LogP contribution in [-0.2, 0) is 10.0 Å². The van der Waals surface area contributed by atoms with E-state index in [2.05, 4.69) is 20.1 Å². The van der Waals surface area contributed by atoms with Crippen LogP contribution in [0, 0.1) is 11.6 Å². The van der Waals surface area contributed by atoms with Gasteiger partial charge in [0.1, 0.15) is 29.2 Å². The molecule has 13 heteroatoms. The van der Waals surface area contributed by atoms with Crippen LogP contribution in [0.15, 0.2) is 79.3 Å². The molecule has 0 aliphatic carbocycles. The third kappa shape index (κ3) is 4.40. The maximum Gasteiger partial charge on any atom is 0.255 e. The van der Waals surface area contributed by atoms with Crippen molar-refractivity contribution >= 4 is 54.6 Å². The number of sulfonamides is 1. The number of carbonyl (C=O) groups excluding carboxylic acids is 1. The molecule has 0 fully saturated rings. The number of pyridine rings is 2. The van der Waals surface area contributed by atoms with Gasteiger partial charge in [0.25, 0.3) is 5.91 Å². The van der Waals surface area contributed by atoms with Gasteiger partial charge in [0.2, 0.25) is 10.0 Å². The van der Waals surface area contributed by atoms with Crippen LogP contribution in [0.25, 0.3) is 55.5 Å². The van der Waals surface area contributed by atoms with Gasteiger partial charge in [-0.05, 0) is 67.6 Å². The average Bonchev–Trinajstić information content (AvgIpc) is 3.60. The monoisotopic (exact) mass is 611 g/mol. The van der Waals surface area contributed by atoms with Crippen molar-refractivity contribution in [1.82, 2.24) is 29.3 Å². The largest absolute Gasteiger partial charge is 0.355 e. The fourth-order valence-corrected chi connectivity index (χ4v) is 5.96. The van der Waals surface area contributed by atoms with Crippen LogP contribution in [0.2, 0.25) is 0 Å². The van der Waals surface area contributed by atoms with Crippen molar-refractivity contribution in [2.75, 3.05) is 17.5 Å². The predicted octanol–water partition coefficient (Wildman–Crippen LogP) is 5.42. The Morgan fingerprint density at radius 1 is 0.977 bits per heavy atom. The first-order chi connectivity index (χ1) is 21.2. The lowest BCUT2D eigenvalue weighted by Crippen LogP contribution is -2.18. The second kappa shape index (κ2) is 10.1. The lowest BCUT2D eigenvalue weighted by molar-refractivity contribution is 0.0965. The maximum atomic E-state index is 14.7. The van der Waals surface area contributed by atoms with Crippen molar-refractivity contribution < 1.29 is 22.0 Å². The zero-order valence-corrected chi connectivity index (χ0v) is 24.2. The Morgan fingerprint density at radius 3 is 2.52 bits per heavy atom. The van der Waals surface area contributed by atoms with Gasteiger partial charge in [-0.15, -0.1) is 0 Å². The number of amides is 1. The molecule has 0 aliphatic heterocycles. The topological polar surface area (TPSA) is 123 Å². The summed E-state index contributed by atoms with van der Waals surface area (Å²) in [5.41, 5.74) is 4.54. The first-order valence-corrected chi connectivity index (χ1v) is 15.2. The minimum Gasteiger partial charge on any atom is -0.355 e. The Labute approximate surface area is 249 Å². The van der Waals surface area contributed by atoms with Gasteiger partial charge in [0, 0.05) is 23.6 Å². The van der Waals surface area contributed by atoms with E-state index in [9.17, 15) is 22.0 Å². The van der Waals surface area contributed by atoms with Crippen LogP contribution >= 0.6 is 0 Å². The molecule has 7 aromatic rings. The maximum absolute atomic E-state index is 14.7. The summed E-state index contributed by atoms with van der Waals surface area (Å²) >= 11 is 0. The minimum absolute atomic E-state index is 0.175. The fourth-order valence-electron chi connectivity index (χ4n) is 5.32. The molecule has 0 aliphatic rings. The predicted molar refractivity (Wildman–Crippen MR) is 164 cm³/mol. The number of nitrogens with one attached hydrogen (secondary N) is 2. The minimum atomic E-state index is -3.75. The van der Waals surface area contributed by atoms with Gasteiger partial charge in [-0.1, -0.05) is 6.07 Å². The number of anilines is 1. The number of halogens is 2. The number of benzene rings is 2. The van der Waals surface area contributed by atoms with Crippen molar-refractivity contribution in [2.24, 2.45) is 0 Å². The summed E-state index contributed by atoms with van der Waals surface area (Å²) in [5, 5.41) is 7.63. The van der Waals surface area contributed by atoms with Crippen molar-refractivity contribution in [3.63, 3.8) is 0 Å². The van der Waals surface area contributed by atoms with Crippen LogP contribution in [0.1, 0.15) is 17.3 Å². The lowest BCUT2D eigenvalue weighted by atomic mass is 10.0. The van der Waals surface area contributed by atoms with Gasteiger partial charge in [0.15, 0.2) is 0 Å². The Bertz CT molecular complexity index is 2400.